The summed E-state index contributed by atoms with van der Waals surface area (Å²) in [6.07, 6.45) is 0. The molecule has 1 rings (SSSR count). The van der Waals surface area contributed by atoms with Gasteiger partial charge in [0.15, 0.2) is 0 Å². The maximum atomic E-state index is 12.0. The third-order valence-electron chi connectivity index (χ3n) is 2.32. The van der Waals surface area contributed by atoms with Gasteiger partial charge < -0.3 is 15.4 Å². The van der Waals surface area contributed by atoms with E-state index in [1.165, 1.54) is 12.1 Å². The van der Waals surface area contributed by atoms with Crippen molar-refractivity contribution in [1.29, 1.82) is 0 Å². The van der Waals surface area contributed by atoms with Crippen molar-refractivity contribution in [2.24, 2.45) is 0 Å². The molecule has 0 aliphatic heterocycles. The van der Waals surface area contributed by atoms with E-state index in [9.17, 15) is 13.6 Å². The maximum absolute atomic E-state index is 12.0. The molecule has 1 amide bonds. The number of benzene rings is 1. The van der Waals surface area contributed by atoms with Gasteiger partial charge in [-0.2, -0.15) is 8.78 Å². The molecular formula is C12H16F2N2O2. The predicted molar refractivity (Wildman–Crippen MR) is 63.6 cm³/mol. The molecular weight excluding hydrogens is 242 g/mol. The van der Waals surface area contributed by atoms with Gasteiger partial charge in [0.05, 0.1) is 12.6 Å². The number of hydrogen-bond acceptors (Lipinski definition) is 3. The Bertz CT molecular complexity index is 382. The molecule has 0 bridgehead atoms. The number of alkyl halides is 2. The van der Waals surface area contributed by atoms with E-state index >= 15 is 0 Å². The van der Waals surface area contributed by atoms with Crippen molar-refractivity contribution in [1.82, 2.24) is 10.6 Å². The van der Waals surface area contributed by atoms with Crippen molar-refractivity contribution in [3.63, 3.8) is 0 Å². The molecule has 0 aliphatic rings. The van der Waals surface area contributed by atoms with Crippen LogP contribution < -0.4 is 15.4 Å². The molecule has 0 radical (unpaired) electrons. The van der Waals surface area contributed by atoms with Crippen LogP contribution in [0.2, 0.25) is 0 Å². The molecule has 100 valence electrons. The summed E-state index contributed by atoms with van der Waals surface area (Å²) in [6.45, 7) is -0.781. The second kappa shape index (κ2) is 6.90. The minimum atomic E-state index is -2.83. The van der Waals surface area contributed by atoms with E-state index in [1.807, 2.05) is 6.92 Å². The zero-order valence-electron chi connectivity index (χ0n) is 10.2. The lowest BCUT2D eigenvalue weighted by Crippen LogP contribution is -2.33. The largest absolute Gasteiger partial charge is 0.435 e. The fourth-order valence-corrected chi connectivity index (χ4v) is 1.47. The van der Waals surface area contributed by atoms with Crippen molar-refractivity contribution >= 4 is 5.91 Å². The van der Waals surface area contributed by atoms with Crippen LogP contribution in [0.5, 0.6) is 5.75 Å². The summed E-state index contributed by atoms with van der Waals surface area (Å²) in [4.78, 5) is 11.3. The predicted octanol–water partition coefficient (Wildman–Crippen LogP) is 1.68. The summed E-state index contributed by atoms with van der Waals surface area (Å²) < 4.78 is 28.1. The molecule has 18 heavy (non-hydrogen) atoms. The smallest absolute Gasteiger partial charge is 0.387 e. The number of amides is 1. The van der Waals surface area contributed by atoms with Gasteiger partial charge in [-0.05, 0) is 31.7 Å². The van der Waals surface area contributed by atoms with Crippen LogP contribution in [0, 0.1) is 0 Å². The number of ether oxygens (including phenoxy) is 1. The van der Waals surface area contributed by atoms with Crippen LogP contribution >= 0.6 is 0 Å². The zero-order valence-corrected chi connectivity index (χ0v) is 10.2. The lowest BCUT2D eigenvalue weighted by molar-refractivity contribution is -0.120. The molecule has 1 atom stereocenters. The minimum absolute atomic E-state index is 0.0995. The fraction of sp³-hybridized carbons (Fsp3) is 0.417. The molecule has 1 aromatic carbocycles. The van der Waals surface area contributed by atoms with Crippen molar-refractivity contribution in [3.05, 3.63) is 29.8 Å². The van der Waals surface area contributed by atoms with Crippen molar-refractivity contribution < 1.29 is 18.3 Å². The average molecular weight is 258 g/mol. The Morgan fingerprint density at radius 1 is 1.33 bits per heavy atom. The quantitative estimate of drug-likeness (QED) is 0.816. The van der Waals surface area contributed by atoms with Gasteiger partial charge >= 0.3 is 6.61 Å². The van der Waals surface area contributed by atoms with E-state index in [-0.39, 0.29) is 24.2 Å². The Balaban J connectivity index is 2.58. The highest BCUT2D eigenvalue weighted by molar-refractivity contribution is 5.78. The molecule has 6 heteroatoms. The summed E-state index contributed by atoms with van der Waals surface area (Å²) in [5, 5.41) is 5.51. The highest BCUT2D eigenvalue weighted by atomic mass is 19.3. The van der Waals surface area contributed by atoms with E-state index in [2.05, 4.69) is 15.4 Å². The normalized spacial score (nSPS) is 12.3. The van der Waals surface area contributed by atoms with Gasteiger partial charge in [-0.3, -0.25) is 4.79 Å². The maximum Gasteiger partial charge on any atom is 0.387 e. The standard InChI is InChI=1S/C12H16F2N2O2/c1-8(16-11(17)7-15-2)9-3-5-10(6-4-9)18-12(13)14/h3-6,8,12,15H,7H2,1-2H3,(H,16,17). The molecule has 0 heterocycles. The summed E-state index contributed by atoms with van der Waals surface area (Å²) >= 11 is 0. The Kier molecular flexibility index (Phi) is 5.51. The van der Waals surface area contributed by atoms with Crippen LogP contribution in [0.3, 0.4) is 0 Å². The van der Waals surface area contributed by atoms with Crippen LogP contribution in [-0.4, -0.2) is 26.1 Å². The van der Waals surface area contributed by atoms with Crippen molar-refractivity contribution in [2.45, 2.75) is 19.6 Å². The Hall–Kier alpha value is -1.69. The molecule has 4 nitrogen and oxygen atoms in total. The molecule has 1 aromatic rings. The van der Waals surface area contributed by atoms with Gasteiger partial charge in [0.2, 0.25) is 5.91 Å². The average Bonchev–Trinajstić information content (AvgIpc) is 2.29. The van der Waals surface area contributed by atoms with Crippen LogP contribution in [0.25, 0.3) is 0 Å². The van der Waals surface area contributed by atoms with Crippen molar-refractivity contribution in [3.8, 4) is 5.75 Å². The second-order valence-electron chi connectivity index (χ2n) is 3.77. The summed E-state index contributed by atoms with van der Waals surface area (Å²) in [7, 11) is 1.68. The molecule has 0 spiro atoms. The molecule has 1 unspecified atom stereocenters. The van der Waals surface area contributed by atoms with Gasteiger partial charge in [0.25, 0.3) is 0 Å². The monoisotopic (exact) mass is 258 g/mol. The van der Waals surface area contributed by atoms with Gasteiger partial charge in [0, 0.05) is 0 Å². The lowest BCUT2D eigenvalue weighted by Gasteiger charge is -2.14. The molecule has 0 aliphatic carbocycles. The van der Waals surface area contributed by atoms with Crippen LogP contribution in [0.4, 0.5) is 8.78 Å². The minimum Gasteiger partial charge on any atom is -0.435 e. The van der Waals surface area contributed by atoms with Gasteiger partial charge in [0.1, 0.15) is 5.75 Å². The molecule has 0 aromatic heterocycles. The topological polar surface area (TPSA) is 50.4 Å². The number of likely N-dealkylation sites (N-methyl/N-ethyl adjacent to an activating group) is 1. The Labute approximate surface area is 104 Å². The summed E-state index contributed by atoms with van der Waals surface area (Å²) in [5.41, 5.74) is 0.820. The first-order valence-corrected chi connectivity index (χ1v) is 5.51. The third kappa shape index (κ3) is 4.67. The summed E-state index contributed by atoms with van der Waals surface area (Å²) in [5.74, 6) is -0.0274. The van der Waals surface area contributed by atoms with Gasteiger partial charge in [-0.15, -0.1) is 0 Å². The number of nitrogens with one attached hydrogen (secondary N) is 2. The molecule has 2 N–H and O–H groups in total. The van der Waals surface area contributed by atoms with Gasteiger partial charge in [-0.25, -0.2) is 0 Å². The molecule has 0 fully saturated rings. The highest BCUT2D eigenvalue weighted by Crippen LogP contribution is 2.18. The first-order valence-electron chi connectivity index (χ1n) is 5.51. The van der Waals surface area contributed by atoms with E-state index in [0.29, 0.717) is 0 Å². The SMILES string of the molecule is CNCC(=O)NC(C)c1ccc(OC(F)F)cc1. The number of hydrogen-bond donors (Lipinski definition) is 2. The number of carbonyl (C=O) groups excluding carboxylic acids is 1. The second-order valence-corrected chi connectivity index (χ2v) is 3.77. The Morgan fingerprint density at radius 3 is 2.44 bits per heavy atom. The first kappa shape index (κ1) is 14.4. The van der Waals surface area contributed by atoms with E-state index in [1.54, 1.807) is 19.2 Å². The summed E-state index contributed by atoms with van der Waals surface area (Å²) in [6, 6.07) is 5.99. The van der Waals surface area contributed by atoms with Gasteiger partial charge in [-0.1, -0.05) is 12.1 Å². The molecule has 0 saturated carbocycles. The number of rotatable bonds is 6. The number of carbonyl (C=O) groups is 1. The van der Waals surface area contributed by atoms with Crippen LogP contribution in [0.15, 0.2) is 24.3 Å². The zero-order chi connectivity index (χ0) is 13.5. The van der Waals surface area contributed by atoms with Crippen LogP contribution in [-0.2, 0) is 4.79 Å². The first-order chi connectivity index (χ1) is 8.52. The number of halogens is 2. The third-order valence-corrected chi connectivity index (χ3v) is 2.32. The van der Waals surface area contributed by atoms with Crippen LogP contribution in [0.1, 0.15) is 18.5 Å². The fourth-order valence-electron chi connectivity index (χ4n) is 1.47. The van der Waals surface area contributed by atoms with E-state index in [4.69, 9.17) is 0 Å². The van der Waals surface area contributed by atoms with Crippen molar-refractivity contribution in [2.75, 3.05) is 13.6 Å². The highest BCUT2D eigenvalue weighted by Gasteiger charge is 2.09. The van der Waals surface area contributed by atoms with E-state index in [0.717, 1.165) is 5.56 Å². The van der Waals surface area contributed by atoms with E-state index < -0.39 is 6.61 Å². The molecule has 0 saturated heterocycles. The Morgan fingerprint density at radius 2 is 1.94 bits per heavy atom. The lowest BCUT2D eigenvalue weighted by atomic mass is 10.1.